The minimum atomic E-state index is -0.0358. The third-order valence-corrected chi connectivity index (χ3v) is 3.28. The fraction of sp³-hybridized carbons (Fsp3) is 0.200. The molecule has 0 bridgehead atoms. The Balaban J connectivity index is 1.98. The van der Waals surface area contributed by atoms with Crippen molar-refractivity contribution in [2.45, 2.75) is 13.3 Å². The Morgan fingerprint density at radius 1 is 1.32 bits per heavy atom. The fourth-order valence-corrected chi connectivity index (χ4v) is 2.31. The second-order valence-corrected chi connectivity index (χ2v) is 4.62. The number of ketones is 1. The molecule has 2 heterocycles. The zero-order valence-corrected chi connectivity index (χ0v) is 10.9. The van der Waals surface area contributed by atoms with Gasteiger partial charge in [0.15, 0.2) is 5.76 Å². The lowest BCUT2D eigenvalue weighted by molar-refractivity contribution is 0.0964. The molecule has 3 rings (SSSR count). The number of fused-ring (bicyclic) bond motifs is 1. The first-order chi connectivity index (χ1) is 9.16. The van der Waals surface area contributed by atoms with Crippen molar-refractivity contribution in [3.05, 3.63) is 53.6 Å². The number of hydrogen-bond acceptors (Lipinski definition) is 3. The first-order valence-corrected chi connectivity index (χ1v) is 6.14. The summed E-state index contributed by atoms with van der Waals surface area (Å²) in [6.45, 7) is 1.87. The average Bonchev–Trinajstić information content (AvgIpc) is 2.95. The third-order valence-electron chi connectivity index (χ3n) is 3.28. The van der Waals surface area contributed by atoms with E-state index >= 15 is 0 Å². The van der Waals surface area contributed by atoms with Crippen LogP contribution >= 0.6 is 0 Å². The van der Waals surface area contributed by atoms with Crippen LogP contribution in [0.5, 0.6) is 0 Å². The number of aromatic nitrogens is 2. The van der Waals surface area contributed by atoms with E-state index < -0.39 is 0 Å². The summed E-state index contributed by atoms with van der Waals surface area (Å²) in [4.78, 5) is 12.2. The topological polar surface area (TPSA) is 48.0 Å². The van der Waals surface area contributed by atoms with Gasteiger partial charge in [0.05, 0.1) is 23.9 Å². The van der Waals surface area contributed by atoms with E-state index in [-0.39, 0.29) is 12.2 Å². The zero-order chi connectivity index (χ0) is 13.4. The number of nitrogens with zero attached hydrogens (tertiary/aromatic N) is 2. The van der Waals surface area contributed by atoms with Gasteiger partial charge in [-0.25, -0.2) is 0 Å². The summed E-state index contributed by atoms with van der Waals surface area (Å²) in [5.74, 6) is 0.390. The summed E-state index contributed by atoms with van der Waals surface area (Å²) < 4.78 is 7.03. The lowest BCUT2D eigenvalue weighted by atomic mass is 10.1. The number of Topliss-reactive ketones (excluding diaryl/α,β-unsaturated/α-hetero) is 1. The van der Waals surface area contributed by atoms with Gasteiger partial charge in [0.25, 0.3) is 0 Å². The van der Waals surface area contributed by atoms with Crippen LogP contribution in [0.1, 0.15) is 21.8 Å². The lowest BCUT2D eigenvalue weighted by Crippen LogP contribution is -2.05. The normalized spacial score (nSPS) is 11.1. The monoisotopic (exact) mass is 254 g/mol. The third kappa shape index (κ3) is 1.95. The van der Waals surface area contributed by atoms with Gasteiger partial charge in [-0.15, -0.1) is 0 Å². The molecule has 0 aliphatic carbocycles. The Kier molecular flexibility index (Phi) is 2.71. The molecule has 0 unspecified atom stereocenters. The lowest BCUT2D eigenvalue weighted by Gasteiger charge is -1.97. The first-order valence-electron chi connectivity index (χ1n) is 6.14. The van der Waals surface area contributed by atoms with E-state index in [1.54, 1.807) is 17.0 Å². The molecule has 4 heteroatoms. The van der Waals surface area contributed by atoms with Crippen molar-refractivity contribution in [1.82, 2.24) is 9.78 Å². The summed E-state index contributed by atoms with van der Waals surface area (Å²) in [6.07, 6.45) is 1.80. The molecule has 3 aromatic rings. The highest BCUT2D eigenvalue weighted by Gasteiger charge is 2.17. The maximum Gasteiger partial charge on any atom is 0.204 e. The van der Waals surface area contributed by atoms with Crippen LogP contribution in [0.15, 0.2) is 41.0 Å². The van der Waals surface area contributed by atoms with Gasteiger partial charge >= 0.3 is 0 Å². The number of rotatable bonds is 3. The van der Waals surface area contributed by atoms with Crippen LogP contribution in [-0.2, 0) is 13.5 Å². The molecule has 0 spiro atoms. The minimum absolute atomic E-state index is 0.0358. The second kappa shape index (κ2) is 4.39. The summed E-state index contributed by atoms with van der Waals surface area (Å²) in [5, 5.41) is 5.44. The quantitative estimate of drug-likeness (QED) is 0.675. The number of carbonyl (C=O) groups is 1. The first kappa shape index (κ1) is 11.7. The van der Waals surface area contributed by atoms with Crippen molar-refractivity contribution in [3.8, 4) is 0 Å². The van der Waals surface area contributed by atoms with Crippen LogP contribution in [0, 0.1) is 6.92 Å². The molecular formula is C15H14N2O2. The Morgan fingerprint density at radius 3 is 2.84 bits per heavy atom. The number of furan rings is 1. The van der Waals surface area contributed by atoms with Gasteiger partial charge in [0.1, 0.15) is 0 Å². The average molecular weight is 254 g/mol. The van der Waals surface area contributed by atoms with Crippen LogP contribution in [0.4, 0.5) is 0 Å². The van der Waals surface area contributed by atoms with Gasteiger partial charge in [-0.1, -0.05) is 18.2 Å². The molecule has 1 aromatic carbocycles. The number of aryl methyl sites for hydroxylation is 2. The smallest absolute Gasteiger partial charge is 0.204 e. The summed E-state index contributed by atoms with van der Waals surface area (Å²) in [6, 6.07) is 9.70. The molecule has 0 saturated heterocycles. The number of hydrogen-bond donors (Lipinski definition) is 0. The standard InChI is InChI=1S/C15H14N2O2/c1-10-7-8-19-15(10)14(18)9-12-11-5-3-4-6-13(11)17(2)16-12/h3-8H,9H2,1-2H3. The molecule has 0 N–H and O–H groups in total. The number of para-hydroxylation sites is 1. The maximum absolute atomic E-state index is 12.2. The van der Waals surface area contributed by atoms with Crippen molar-refractivity contribution in [2.24, 2.45) is 7.05 Å². The minimum Gasteiger partial charge on any atom is -0.461 e. The molecule has 0 radical (unpaired) electrons. The number of carbonyl (C=O) groups excluding carboxylic acids is 1. The van der Waals surface area contributed by atoms with Crippen molar-refractivity contribution >= 4 is 16.7 Å². The van der Waals surface area contributed by atoms with Gasteiger partial charge < -0.3 is 4.42 Å². The summed E-state index contributed by atoms with van der Waals surface area (Å²) in [7, 11) is 1.88. The maximum atomic E-state index is 12.2. The van der Waals surface area contributed by atoms with Gasteiger partial charge in [-0.2, -0.15) is 5.10 Å². The van der Waals surface area contributed by atoms with Crippen molar-refractivity contribution in [2.75, 3.05) is 0 Å². The van der Waals surface area contributed by atoms with Crippen LogP contribution in [-0.4, -0.2) is 15.6 Å². The number of benzene rings is 1. The largest absolute Gasteiger partial charge is 0.461 e. The summed E-state index contributed by atoms with van der Waals surface area (Å²) in [5.41, 5.74) is 2.69. The van der Waals surface area contributed by atoms with Gasteiger partial charge in [-0.3, -0.25) is 9.48 Å². The van der Waals surface area contributed by atoms with E-state index in [4.69, 9.17) is 4.42 Å². The van der Waals surface area contributed by atoms with Crippen LogP contribution in [0.3, 0.4) is 0 Å². The molecule has 4 nitrogen and oxygen atoms in total. The highest BCUT2D eigenvalue weighted by Crippen LogP contribution is 2.20. The molecule has 2 aromatic heterocycles. The highest BCUT2D eigenvalue weighted by atomic mass is 16.3. The molecule has 0 fully saturated rings. The molecule has 96 valence electrons. The molecule has 0 amide bonds. The van der Waals surface area contributed by atoms with Crippen molar-refractivity contribution in [1.29, 1.82) is 0 Å². The highest BCUT2D eigenvalue weighted by molar-refractivity contribution is 5.98. The molecule has 19 heavy (non-hydrogen) atoms. The van der Waals surface area contributed by atoms with Gasteiger partial charge in [0.2, 0.25) is 5.78 Å². The molecule has 0 saturated carbocycles. The van der Waals surface area contributed by atoms with E-state index in [0.717, 1.165) is 22.2 Å². The Bertz CT molecular complexity index is 752. The second-order valence-electron chi connectivity index (χ2n) is 4.62. The molecule has 0 atom stereocenters. The van der Waals surface area contributed by atoms with E-state index in [9.17, 15) is 4.79 Å². The molecule has 0 aliphatic rings. The van der Waals surface area contributed by atoms with Gasteiger partial charge in [0, 0.05) is 12.4 Å². The predicted octanol–water partition coefficient (Wildman–Crippen LogP) is 2.90. The fourth-order valence-electron chi connectivity index (χ4n) is 2.31. The van der Waals surface area contributed by atoms with E-state index in [1.807, 2.05) is 38.2 Å². The Hall–Kier alpha value is -2.36. The molecule has 0 aliphatic heterocycles. The summed E-state index contributed by atoms with van der Waals surface area (Å²) >= 11 is 0. The van der Waals surface area contributed by atoms with Crippen molar-refractivity contribution < 1.29 is 9.21 Å². The Morgan fingerprint density at radius 2 is 2.11 bits per heavy atom. The predicted molar refractivity (Wildman–Crippen MR) is 72.2 cm³/mol. The van der Waals surface area contributed by atoms with Crippen molar-refractivity contribution in [3.63, 3.8) is 0 Å². The Labute approximate surface area is 110 Å². The van der Waals surface area contributed by atoms with Gasteiger partial charge in [-0.05, 0) is 24.6 Å². The van der Waals surface area contributed by atoms with E-state index in [0.29, 0.717) is 5.76 Å². The SMILES string of the molecule is Cc1ccoc1C(=O)Cc1nn(C)c2ccccc12. The van der Waals surface area contributed by atoms with E-state index in [1.165, 1.54) is 0 Å². The van der Waals surface area contributed by atoms with Crippen LogP contribution in [0.25, 0.3) is 10.9 Å². The zero-order valence-electron chi connectivity index (χ0n) is 10.9. The van der Waals surface area contributed by atoms with Crippen LogP contribution in [0.2, 0.25) is 0 Å². The molecular weight excluding hydrogens is 240 g/mol. The van der Waals surface area contributed by atoms with Crippen LogP contribution < -0.4 is 0 Å². The van der Waals surface area contributed by atoms with E-state index in [2.05, 4.69) is 5.10 Å².